The van der Waals surface area contributed by atoms with E-state index in [1.165, 1.54) is 0 Å². The lowest BCUT2D eigenvalue weighted by molar-refractivity contribution is -0.0572. The van der Waals surface area contributed by atoms with Gasteiger partial charge in [0.05, 0.1) is 9.26 Å². The van der Waals surface area contributed by atoms with Gasteiger partial charge in [0.25, 0.3) is 0 Å². The number of hydrogen-bond donors (Lipinski definition) is 1. The van der Waals surface area contributed by atoms with Gasteiger partial charge in [0.15, 0.2) is 5.82 Å². The Kier molecular flexibility index (Phi) is 6.46. The van der Waals surface area contributed by atoms with Crippen LogP contribution < -0.4 is 5.32 Å². The molecule has 1 heterocycles. The van der Waals surface area contributed by atoms with Gasteiger partial charge < -0.3 is 10.1 Å². The Morgan fingerprint density at radius 1 is 1.16 bits per heavy atom. The fourth-order valence-electron chi connectivity index (χ4n) is 2.21. The number of nitrogens with one attached hydrogen (secondary N) is 1. The predicted octanol–water partition coefficient (Wildman–Crippen LogP) is 3.74. The minimum atomic E-state index is -0.366. The number of aryl methyl sites for hydroxylation is 1. The Morgan fingerprint density at radius 2 is 1.79 bits per heavy atom. The molecule has 0 aliphatic carbocycles. The van der Waals surface area contributed by atoms with Crippen LogP contribution in [0, 0.1) is 3.57 Å². The van der Waals surface area contributed by atoms with E-state index in [-0.39, 0.29) is 5.60 Å². The maximum Gasteiger partial charge on any atom is 0.162 e. The molecule has 0 fully saturated rings. The maximum atomic E-state index is 6.00. The van der Waals surface area contributed by atoms with Gasteiger partial charge in [-0.15, -0.1) is 0 Å². The molecule has 0 spiro atoms. The third-order valence-corrected chi connectivity index (χ3v) is 4.60. The Morgan fingerprint density at radius 3 is 2.21 bits per heavy atom. The van der Waals surface area contributed by atoms with Crippen LogP contribution >= 0.6 is 22.6 Å². The summed E-state index contributed by atoms with van der Waals surface area (Å²) >= 11 is 2.30. The zero-order valence-corrected chi connectivity index (χ0v) is 14.7. The monoisotopic (exact) mass is 377 g/mol. The molecule has 0 saturated carbocycles. The van der Waals surface area contributed by atoms with Crippen molar-refractivity contribution in [2.75, 3.05) is 19.0 Å². The van der Waals surface area contributed by atoms with Gasteiger partial charge in [-0.3, -0.25) is 0 Å². The number of nitrogens with zero attached hydrogens (tertiary/aromatic N) is 2. The quantitative estimate of drug-likeness (QED) is 0.736. The van der Waals surface area contributed by atoms with Gasteiger partial charge in [-0.25, -0.2) is 9.97 Å². The van der Waals surface area contributed by atoms with E-state index in [4.69, 9.17) is 9.72 Å². The molecule has 108 valence electrons. The molecular formula is C14H24IN3O. The van der Waals surface area contributed by atoms with E-state index >= 15 is 0 Å². The summed E-state index contributed by atoms with van der Waals surface area (Å²) in [5.74, 6) is 1.70. The zero-order chi connectivity index (χ0) is 14.5. The smallest absolute Gasteiger partial charge is 0.162 e. The summed E-state index contributed by atoms with van der Waals surface area (Å²) in [5, 5.41) is 3.16. The first kappa shape index (κ1) is 16.6. The lowest BCUT2D eigenvalue weighted by Gasteiger charge is -2.30. The largest absolute Gasteiger partial charge is 0.372 e. The van der Waals surface area contributed by atoms with E-state index in [0.29, 0.717) is 6.61 Å². The first-order valence-corrected chi connectivity index (χ1v) is 8.04. The molecular weight excluding hydrogens is 353 g/mol. The minimum absolute atomic E-state index is 0.366. The van der Waals surface area contributed by atoms with Crippen molar-refractivity contribution in [1.29, 1.82) is 0 Å². The number of halogens is 1. The second-order valence-corrected chi connectivity index (χ2v) is 5.47. The number of aromatic nitrogens is 2. The Balaban J connectivity index is 3.38. The Labute approximate surface area is 129 Å². The van der Waals surface area contributed by atoms with E-state index in [0.717, 1.165) is 40.2 Å². The molecule has 0 unspecified atom stereocenters. The number of hydrogen-bond acceptors (Lipinski definition) is 4. The average Bonchev–Trinajstić information content (AvgIpc) is 2.45. The maximum absolute atomic E-state index is 6.00. The molecule has 1 aromatic heterocycles. The van der Waals surface area contributed by atoms with Gasteiger partial charge in [-0.1, -0.05) is 20.8 Å². The Hall–Kier alpha value is -0.430. The van der Waals surface area contributed by atoms with Crippen molar-refractivity contribution in [3.05, 3.63) is 15.1 Å². The van der Waals surface area contributed by atoms with Crippen molar-refractivity contribution in [1.82, 2.24) is 9.97 Å². The normalized spacial score (nSPS) is 11.7. The number of ether oxygens (including phenoxy) is 1. The first-order valence-electron chi connectivity index (χ1n) is 6.97. The molecule has 0 aliphatic heterocycles. The van der Waals surface area contributed by atoms with Crippen molar-refractivity contribution in [3.63, 3.8) is 0 Å². The molecule has 1 N–H and O–H groups in total. The predicted molar refractivity (Wildman–Crippen MR) is 87.6 cm³/mol. The molecule has 1 aromatic rings. The number of anilines is 1. The van der Waals surface area contributed by atoms with E-state index in [1.54, 1.807) is 0 Å². The van der Waals surface area contributed by atoms with Crippen LogP contribution in [0.1, 0.15) is 52.1 Å². The van der Waals surface area contributed by atoms with Crippen molar-refractivity contribution < 1.29 is 4.74 Å². The summed E-state index contributed by atoms with van der Waals surface area (Å²) in [7, 11) is 1.90. The van der Waals surface area contributed by atoms with Gasteiger partial charge >= 0.3 is 0 Å². The molecule has 0 saturated heterocycles. The molecule has 5 heteroatoms. The van der Waals surface area contributed by atoms with Gasteiger partial charge in [-0.05, 0) is 48.8 Å². The van der Waals surface area contributed by atoms with Gasteiger partial charge in [0, 0.05) is 13.7 Å². The highest BCUT2D eigenvalue weighted by molar-refractivity contribution is 14.1. The second-order valence-electron chi connectivity index (χ2n) is 4.39. The van der Waals surface area contributed by atoms with Crippen LogP contribution in [0.3, 0.4) is 0 Å². The first-order chi connectivity index (χ1) is 9.08. The van der Waals surface area contributed by atoms with E-state index in [9.17, 15) is 0 Å². The van der Waals surface area contributed by atoms with Gasteiger partial charge in [0.2, 0.25) is 0 Å². The topological polar surface area (TPSA) is 47.0 Å². The van der Waals surface area contributed by atoms with Crippen LogP contribution in [0.15, 0.2) is 0 Å². The lowest BCUT2D eigenvalue weighted by atomic mass is 9.95. The molecule has 0 amide bonds. The third-order valence-electron chi connectivity index (χ3n) is 3.46. The SMILES string of the molecule is CCOC(CC)(CC)c1nc(CC)c(I)c(NC)n1. The van der Waals surface area contributed by atoms with Crippen molar-refractivity contribution in [3.8, 4) is 0 Å². The molecule has 0 bridgehead atoms. The summed E-state index contributed by atoms with van der Waals surface area (Å²) in [6, 6.07) is 0. The second kappa shape index (κ2) is 7.38. The van der Waals surface area contributed by atoms with Crippen LogP contribution in [0.2, 0.25) is 0 Å². The molecule has 0 atom stereocenters. The molecule has 4 nitrogen and oxygen atoms in total. The van der Waals surface area contributed by atoms with Gasteiger partial charge in [0.1, 0.15) is 11.4 Å². The highest BCUT2D eigenvalue weighted by Crippen LogP contribution is 2.33. The minimum Gasteiger partial charge on any atom is -0.372 e. The summed E-state index contributed by atoms with van der Waals surface area (Å²) in [4.78, 5) is 9.43. The lowest BCUT2D eigenvalue weighted by Crippen LogP contribution is -2.32. The van der Waals surface area contributed by atoms with Crippen LogP contribution in [0.25, 0.3) is 0 Å². The summed E-state index contributed by atoms with van der Waals surface area (Å²) < 4.78 is 7.10. The Bertz CT molecular complexity index is 394. The van der Waals surface area contributed by atoms with E-state index in [2.05, 4.69) is 53.7 Å². The van der Waals surface area contributed by atoms with Crippen LogP contribution in [0.5, 0.6) is 0 Å². The van der Waals surface area contributed by atoms with Gasteiger partial charge in [-0.2, -0.15) is 0 Å². The summed E-state index contributed by atoms with van der Waals surface area (Å²) in [6.45, 7) is 9.07. The zero-order valence-electron chi connectivity index (χ0n) is 12.5. The fraction of sp³-hybridized carbons (Fsp3) is 0.714. The standard InChI is InChI=1S/C14H24IN3O/c1-6-10-11(15)12(16-5)18-13(17-10)14(7-2,8-3)19-9-4/h6-9H2,1-5H3,(H,16,17,18). The molecule has 1 rings (SSSR count). The van der Waals surface area contributed by atoms with Crippen molar-refractivity contribution in [2.45, 2.75) is 52.6 Å². The average molecular weight is 377 g/mol. The molecule has 0 aliphatic rings. The molecule has 0 radical (unpaired) electrons. The molecule has 19 heavy (non-hydrogen) atoms. The summed E-state index contributed by atoms with van der Waals surface area (Å²) in [6.07, 6.45) is 2.66. The van der Waals surface area contributed by atoms with Crippen LogP contribution in [0.4, 0.5) is 5.82 Å². The fourth-order valence-corrected chi connectivity index (χ4v) is 3.10. The van der Waals surface area contributed by atoms with Crippen LogP contribution in [-0.2, 0) is 16.8 Å². The van der Waals surface area contributed by atoms with Crippen molar-refractivity contribution >= 4 is 28.4 Å². The van der Waals surface area contributed by atoms with E-state index < -0.39 is 0 Å². The molecule has 0 aromatic carbocycles. The summed E-state index contributed by atoms with van der Waals surface area (Å²) in [5.41, 5.74) is 0.718. The highest BCUT2D eigenvalue weighted by Gasteiger charge is 2.33. The van der Waals surface area contributed by atoms with E-state index in [1.807, 2.05) is 14.0 Å². The van der Waals surface area contributed by atoms with Crippen molar-refractivity contribution in [2.24, 2.45) is 0 Å². The number of rotatable bonds is 7. The highest BCUT2D eigenvalue weighted by atomic mass is 127. The van der Waals surface area contributed by atoms with Crippen LogP contribution in [-0.4, -0.2) is 23.6 Å². The third kappa shape index (κ3) is 3.37.